The smallest absolute Gasteiger partial charge is 0.307 e. The van der Waals surface area contributed by atoms with E-state index < -0.39 is 0 Å². The Morgan fingerprint density at radius 3 is 3.00 bits per heavy atom. The Morgan fingerprint density at radius 2 is 2.35 bits per heavy atom. The summed E-state index contributed by atoms with van der Waals surface area (Å²) in [6.07, 6.45) is 4.50. The summed E-state index contributed by atoms with van der Waals surface area (Å²) in [6.45, 7) is 1.87. The van der Waals surface area contributed by atoms with Crippen molar-refractivity contribution in [3.63, 3.8) is 0 Å². The van der Waals surface area contributed by atoms with Gasteiger partial charge in [-0.25, -0.2) is 9.78 Å². The molecule has 5 heteroatoms. The molecule has 0 fully saturated rings. The summed E-state index contributed by atoms with van der Waals surface area (Å²) in [5.74, 6) is 0. The molecule has 5 nitrogen and oxygen atoms in total. The summed E-state index contributed by atoms with van der Waals surface area (Å²) in [7, 11) is 0. The van der Waals surface area contributed by atoms with Crippen molar-refractivity contribution in [2.75, 3.05) is 5.32 Å². The van der Waals surface area contributed by atoms with E-state index in [9.17, 15) is 4.79 Å². The molecular formula is C12H10N4O. The Labute approximate surface area is 98.3 Å². The first-order valence-electron chi connectivity index (χ1n) is 5.01. The predicted octanol–water partition coefficient (Wildman–Crippen LogP) is 2.14. The van der Waals surface area contributed by atoms with Gasteiger partial charge in [-0.15, -0.1) is 0 Å². The van der Waals surface area contributed by atoms with Crippen molar-refractivity contribution in [1.29, 1.82) is 5.26 Å². The van der Waals surface area contributed by atoms with Gasteiger partial charge in [0.1, 0.15) is 6.33 Å². The molecule has 0 aliphatic rings. The van der Waals surface area contributed by atoms with Crippen LogP contribution < -0.4 is 5.32 Å². The molecule has 0 saturated carbocycles. The molecule has 0 aliphatic carbocycles. The zero-order valence-corrected chi connectivity index (χ0v) is 9.21. The lowest BCUT2D eigenvalue weighted by Crippen LogP contribution is -2.18. The quantitative estimate of drug-likeness (QED) is 0.809. The van der Waals surface area contributed by atoms with Gasteiger partial charge in [0.2, 0.25) is 0 Å². The van der Waals surface area contributed by atoms with Gasteiger partial charge in [0.25, 0.3) is 0 Å². The molecular weight excluding hydrogens is 216 g/mol. The third-order valence-corrected chi connectivity index (χ3v) is 2.35. The third-order valence-electron chi connectivity index (χ3n) is 2.35. The van der Waals surface area contributed by atoms with Crippen LogP contribution in [0.3, 0.4) is 0 Å². The van der Waals surface area contributed by atoms with Crippen LogP contribution in [0.25, 0.3) is 0 Å². The summed E-state index contributed by atoms with van der Waals surface area (Å²) in [6, 6.07) is 6.87. The highest BCUT2D eigenvalue weighted by Crippen LogP contribution is 2.16. The minimum atomic E-state index is -0.305. The largest absolute Gasteiger partial charge is 0.331 e. The standard InChI is InChI=1S/C12H10N4O/c1-9-2-3-10(7-13)6-11(9)15-12(17)16-5-4-14-8-16/h2-6,8H,1H3,(H,15,17). The number of benzene rings is 1. The number of aromatic nitrogens is 2. The van der Waals surface area contributed by atoms with Crippen molar-refractivity contribution >= 4 is 11.7 Å². The number of imidazole rings is 1. The number of nitriles is 1. The minimum absolute atomic E-state index is 0.305. The van der Waals surface area contributed by atoms with Crippen molar-refractivity contribution in [1.82, 2.24) is 9.55 Å². The molecule has 2 rings (SSSR count). The second-order valence-corrected chi connectivity index (χ2v) is 3.54. The Morgan fingerprint density at radius 1 is 1.53 bits per heavy atom. The van der Waals surface area contributed by atoms with Crippen LogP contribution in [0.15, 0.2) is 36.9 Å². The molecule has 2 aromatic rings. The number of amides is 1. The van der Waals surface area contributed by atoms with Crippen LogP contribution in [0.2, 0.25) is 0 Å². The number of nitrogens with one attached hydrogen (secondary N) is 1. The van der Waals surface area contributed by atoms with Crippen LogP contribution in [0.1, 0.15) is 11.1 Å². The first-order valence-corrected chi connectivity index (χ1v) is 5.01. The van der Waals surface area contributed by atoms with E-state index in [1.54, 1.807) is 24.4 Å². The van der Waals surface area contributed by atoms with E-state index in [2.05, 4.69) is 10.3 Å². The lowest BCUT2D eigenvalue weighted by Gasteiger charge is -2.08. The van der Waals surface area contributed by atoms with Gasteiger partial charge in [0.05, 0.1) is 11.6 Å². The normalized spacial score (nSPS) is 9.65. The Bertz CT molecular complexity index is 581. The van der Waals surface area contributed by atoms with Crippen LogP contribution in [0.5, 0.6) is 0 Å². The highest BCUT2D eigenvalue weighted by molar-refractivity contribution is 5.91. The summed E-state index contributed by atoms with van der Waals surface area (Å²) < 4.78 is 1.33. The van der Waals surface area contributed by atoms with Crippen molar-refractivity contribution in [2.45, 2.75) is 6.92 Å². The summed E-state index contributed by atoms with van der Waals surface area (Å²) in [5.41, 5.74) is 2.04. The maximum Gasteiger partial charge on any atom is 0.331 e. The molecule has 0 atom stereocenters. The third kappa shape index (κ3) is 2.32. The zero-order valence-electron chi connectivity index (χ0n) is 9.21. The topological polar surface area (TPSA) is 70.7 Å². The average Bonchev–Trinajstić information content (AvgIpc) is 2.85. The van der Waals surface area contributed by atoms with Gasteiger partial charge < -0.3 is 5.32 Å². The number of anilines is 1. The average molecular weight is 226 g/mol. The van der Waals surface area contributed by atoms with Gasteiger partial charge in [0.15, 0.2) is 0 Å². The number of carbonyl (C=O) groups excluding carboxylic acids is 1. The van der Waals surface area contributed by atoms with Crippen LogP contribution in [-0.4, -0.2) is 15.6 Å². The second kappa shape index (κ2) is 4.49. The van der Waals surface area contributed by atoms with Crippen LogP contribution >= 0.6 is 0 Å². The van der Waals surface area contributed by atoms with Crippen molar-refractivity contribution in [2.24, 2.45) is 0 Å². The fourth-order valence-corrected chi connectivity index (χ4v) is 1.39. The summed E-state index contributed by atoms with van der Waals surface area (Å²) in [4.78, 5) is 15.5. The number of hydrogen-bond acceptors (Lipinski definition) is 3. The minimum Gasteiger partial charge on any atom is -0.307 e. The lowest BCUT2D eigenvalue weighted by atomic mass is 10.1. The van der Waals surface area contributed by atoms with Gasteiger partial charge in [-0.1, -0.05) is 6.07 Å². The molecule has 1 heterocycles. The summed E-state index contributed by atoms with van der Waals surface area (Å²) in [5, 5.41) is 11.5. The number of hydrogen-bond donors (Lipinski definition) is 1. The van der Waals surface area contributed by atoms with Gasteiger partial charge in [-0.05, 0) is 24.6 Å². The van der Waals surface area contributed by atoms with E-state index in [1.807, 2.05) is 13.0 Å². The maximum absolute atomic E-state index is 11.8. The van der Waals surface area contributed by atoms with E-state index in [1.165, 1.54) is 17.1 Å². The number of aryl methyl sites for hydroxylation is 1. The highest BCUT2D eigenvalue weighted by atomic mass is 16.2. The van der Waals surface area contributed by atoms with Crippen molar-refractivity contribution < 1.29 is 4.79 Å². The molecule has 1 amide bonds. The Hall–Kier alpha value is -2.61. The molecule has 0 bridgehead atoms. The van der Waals surface area contributed by atoms with E-state index in [0.717, 1.165) is 5.56 Å². The van der Waals surface area contributed by atoms with Crippen molar-refractivity contribution in [3.05, 3.63) is 48.0 Å². The molecule has 0 radical (unpaired) electrons. The number of carbonyl (C=O) groups is 1. The van der Waals surface area contributed by atoms with E-state index in [0.29, 0.717) is 11.3 Å². The zero-order chi connectivity index (χ0) is 12.3. The van der Waals surface area contributed by atoms with Gasteiger partial charge >= 0.3 is 6.03 Å². The van der Waals surface area contributed by atoms with E-state index in [4.69, 9.17) is 5.26 Å². The molecule has 17 heavy (non-hydrogen) atoms. The first-order chi connectivity index (χ1) is 8.20. The SMILES string of the molecule is Cc1ccc(C#N)cc1NC(=O)n1ccnc1. The molecule has 1 aromatic carbocycles. The predicted molar refractivity (Wildman–Crippen MR) is 62.5 cm³/mol. The molecule has 1 N–H and O–H groups in total. The molecule has 0 unspecified atom stereocenters. The van der Waals surface area contributed by atoms with Crippen molar-refractivity contribution in [3.8, 4) is 6.07 Å². The van der Waals surface area contributed by atoms with E-state index >= 15 is 0 Å². The Kier molecular flexibility index (Phi) is 2.88. The van der Waals surface area contributed by atoms with Gasteiger partial charge in [-0.3, -0.25) is 4.57 Å². The van der Waals surface area contributed by atoms with Crippen LogP contribution in [0.4, 0.5) is 10.5 Å². The van der Waals surface area contributed by atoms with Gasteiger partial charge in [-0.2, -0.15) is 5.26 Å². The Balaban J connectivity index is 2.25. The monoisotopic (exact) mass is 226 g/mol. The number of rotatable bonds is 1. The van der Waals surface area contributed by atoms with Gasteiger partial charge in [0, 0.05) is 18.1 Å². The fourth-order valence-electron chi connectivity index (χ4n) is 1.39. The number of nitrogens with zero attached hydrogens (tertiary/aromatic N) is 3. The molecule has 0 saturated heterocycles. The molecule has 84 valence electrons. The second-order valence-electron chi connectivity index (χ2n) is 3.54. The molecule has 1 aromatic heterocycles. The van der Waals surface area contributed by atoms with E-state index in [-0.39, 0.29) is 6.03 Å². The molecule has 0 spiro atoms. The van der Waals surface area contributed by atoms with Crippen LogP contribution in [-0.2, 0) is 0 Å². The fraction of sp³-hybridized carbons (Fsp3) is 0.0833. The van der Waals surface area contributed by atoms with Crippen LogP contribution in [0, 0.1) is 18.3 Å². The first kappa shape index (κ1) is 10.9. The lowest BCUT2D eigenvalue weighted by molar-refractivity contribution is 0.253. The molecule has 0 aliphatic heterocycles. The summed E-state index contributed by atoms with van der Waals surface area (Å²) >= 11 is 0. The highest BCUT2D eigenvalue weighted by Gasteiger charge is 2.06. The maximum atomic E-state index is 11.8.